The Morgan fingerprint density at radius 3 is 2.40 bits per heavy atom. The molecular weight excluding hydrogens is 274 g/mol. The maximum atomic E-state index is 5.99. The highest BCUT2D eigenvalue weighted by Gasteiger charge is 2.52. The molecule has 0 spiro atoms. The second-order valence-corrected chi connectivity index (χ2v) is 6.28. The SMILES string of the molecule is CC1(C)OB(C(=Cc2cccc(Cl)n2)CN)OC1(C)C. The van der Waals surface area contributed by atoms with Crippen molar-refractivity contribution in [2.75, 3.05) is 6.54 Å². The van der Waals surface area contributed by atoms with Crippen LogP contribution in [0, 0.1) is 0 Å². The number of halogens is 1. The molecule has 1 fully saturated rings. The number of rotatable bonds is 3. The summed E-state index contributed by atoms with van der Waals surface area (Å²) in [5.74, 6) is 0. The summed E-state index contributed by atoms with van der Waals surface area (Å²) in [6, 6.07) is 5.45. The van der Waals surface area contributed by atoms with Gasteiger partial charge in [-0.2, -0.15) is 0 Å². The minimum absolute atomic E-state index is 0.338. The van der Waals surface area contributed by atoms with Crippen molar-refractivity contribution in [3.63, 3.8) is 0 Å². The topological polar surface area (TPSA) is 57.4 Å². The highest BCUT2D eigenvalue weighted by molar-refractivity contribution is 6.55. The summed E-state index contributed by atoms with van der Waals surface area (Å²) in [6.07, 6.45) is 1.87. The molecule has 2 N–H and O–H groups in total. The van der Waals surface area contributed by atoms with Gasteiger partial charge in [0.15, 0.2) is 0 Å². The fourth-order valence-electron chi connectivity index (χ4n) is 1.91. The van der Waals surface area contributed by atoms with Crippen LogP contribution in [0.1, 0.15) is 33.4 Å². The van der Waals surface area contributed by atoms with Gasteiger partial charge in [0.05, 0.1) is 16.9 Å². The molecule has 108 valence electrons. The van der Waals surface area contributed by atoms with Crippen LogP contribution in [0.15, 0.2) is 23.7 Å². The standard InChI is InChI=1S/C14H20BClN2O2/c1-13(2)14(3,4)20-15(19-13)10(9-17)8-11-6-5-7-12(16)18-11/h5-8H,9,17H2,1-4H3. The number of nitrogens with two attached hydrogens (primary N) is 1. The molecule has 0 saturated carbocycles. The fraction of sp³-hybridized carbons (Fsp3) is 0.500. The zero-order valence-corrected chi connectivity index (χ0v) is 13.1. The predicted octanol–water partition coefficient (Wildman–Crippen LogP) is 2.71. The summed E-state index contributed by atoms with van der Waals surface area (Å²) in [5.41, 5.74) is 6.65. The highest BCUT2D eigenvalue weighted by Crippen LogP contribution is 2.38. The van der Waals surface area contributed by atoms with E-state index in [1.807, 2.05) is 45.9 Å². The van der Waals surface area contributed by atoms with Crippen molar-refractivity contribution in [3.05, 3.63) is 34.5 Å². The molecular formula is C14H20BClN2O2. The van der Waals surface area contributed by atoms with E-state index in [-0.39, 0.29) is 11.2 Å². The van der Waals surface area contributed by atoms with E-state index in [0.29, 0.717) is 11.7 Å². The van der Waals surface area contributed by atoms with Gasteiger partial charge in [-0.05, 0) is 51.4 Å². The van der Waals surface area contributed by atoms with Gasteiger partial charge in [-0.1, -0.05) is 17.7 Å². The summed E-state index contributed by atoms with van der Waals surface area (Å²) in [7, 11) is -0.453. The van der Waals surface area contributed by atoms with E-state index in [1.54, 1.807) is 6.07 Å². The van der Waals surface area contributed by atoms with E-state index >= 15 is 0 Å². The third-order valence-corrected chi connectivity index (χ3v) is 4.07. The molecule has 0 unspecified atom stereocenters. The van der Waals surface area contributed by atoms with Crippen LogP contribution in [0.4, 0.5) is 0 Å². The maximum Gasteiger partial charge on any atom is 0.491 e. The van der Waals surface area contributed by atoms with Crippen molar-refractivity contribution in [1.29, 1.82) is 0 Å². The first-order chi connectivity index (χ1) is 9.25. The van der Waals surface area contributed by atoms with E-state index < -0.39 is 7.12 Å². The minimum atomic E-state index is -0.453. The average molecular weight is 295 g/mol. The molecule has 0 aromatic carbocycles. The maximum absolute atomic E-state index is 5.99. The van der Waals surface area contributed by atoms with Gasteiger partial charge in [0.25, 0.3) is 0 Å². The molecule has 20 heavy (non-hydrogen) atoms. The van der Waals surface area contributed by atoms with Crippen molar-refractivity contribution in [2.45, 2.75) is 38.9 Å². The third kappa shape index (κ3) is 3.06. The van der Waals surface area contributed by atoms with Crippen LogP contribution < -0.4 is 5.73 Å². The molecule has 2 rings (SSSR count). The number of hydrogen-bond donors (Lipinski definition) is 1. The monoisotopic (exact) mass is 294 g/mol. The summed E-state index contributed by atoms with van der Waals surface area (Å²) in [6.45, 7) is 8.39. The van der Waals surface area contributed by atoms with Gasteiger partial charge in [0.1, 0.15) is 5.15 Å². The molecule has 2 heterocycles. The summed E-state index contributed by atoms with van der Waals surface area (Å²) in [5, 5.41) is 0.448. The molecule has 4 nitrogen and oxygen atoms in total. The Labute approximate surface area is 125 Å². The largest absolute Gasteiger partial charge is 0.491 e. The van der Waals surface area contributed by atoms with Crippen LogP contribution in [-0.4, -0.2) is 29.8 Å². The molecule has 1 aliphatic rings. The number of nitrogens with zero attached hydrogens (tertiary/aromatic N) is 1. The van der Waals surface area contributed by atoms with Crippen LogP contribution in [0.5, 0.6) is 0 Å². The lowest BCUT2D eigenvalue weighted by Gasteiger charge is -2.32. The second-order valence-electron chi connectivity index (χ2n) is 5.90. The first kappa shape index (κ1) is 15.5. The van der Waals surface area contributed by atoms with E-state index in [1.165, 1.54) is 0 Å². The number of aromatic nitrogens is 1. The first-order valence-electron chi connectivity index (χ1n) is 6.64. The van der Waals surface area contributed by atoms with Crippen molar-refractivity contribution in [1.82, 2.24) is 4.98 Å². The van der Waals surface area contributed by atoms with E-state index in [0.717, 1.165) is 11.2 Å². The third-order valence-electron chi connectivity index (χ3n) is 3.86. The molecule has 1 aromatic rings. The molecule has 0 amide bonds. The Kier molecular flexibility index (Phi) is 4.26. The van der Waals surface area contributed by atoms with Gasteiger partial charge in [-0.15, -0.1) is 0 Å². The van der Waals surface area contributed by atoms with Crippen molar-refractivity contribution >= 4 is 24.8 Å². The Hall–Kier alpha value is -0.875. The second kappa shape index (κ2) is 5.49. The lowest BCUT2D eigenvalue weighted by Crippen LogP contribution is -2.41. The zero-order chi connectivity index (χ0) is 15.0. The Morgan fingerprint density at radius 2 is 1.90 bits per heavy atom. The number of pyridine rings is 1. The molecule has 0 atom stereocenters. The van der Waals surface area contributed by atoms with Crippen LogP contribution in [-0.2, 0) is 9.31 Å². The molecule has 1 aliphatic heterocycles. The fourth-order valence-corrected chi connectivity index (χ4v) is 2.08. The van der Waals surface area contributed by atoms with E-state index in [4.69, 9.17) is 26.6 Å². The van der Waals surface area contributed by atoms with Crippen LogP contribution >= 0.6 is 11.6 Å². The molecule has 0 aliphatic carbocycles. The first-order valence-corrected chi connectivity index (χ1v) is 7.02. The average Bonchev–Trinajstić information content (AvgIpc) is 2.55. The van der Waals surface area contributed by atoms with Crippen LogP contribution in [0.25, 0.3) is 6.08 Å². The lowest BCUT2D eigenvalue weighted by atomic mass is 9.77. The van der Waals surface area contributed by atoms with Gasteiger partial charge < -0.3 is 15.0 Å². The Bertz CT molecular complexity index is 516. The van der Waals surface area contributed by atoms with Crippen LogP contribution in [0.3, 0.4) is 0 Å². The highest BCUT2D eigenvalue weighted by atomic mass is 35.5. The van der Waals surface area contributed by atoms with Crippen molar-refractivity contribution in [3.8, 4) is 0 Å². The Balaban J connectivity index is 2.26. The van der Waals surface area contributed by atoms with Crippen molar-refractivity contribution < 1.29 is 9.31 Å². The van der Waals surface area contributed by atoms with E-state index in [9.17, 15) is 0 Å². The summed E-state index contributed by atoms with van der Waals surface area (Å²) < 4.78 is 12.0. The molecule has 0 radical (unpaired) electrons. The normalized spacial score (nSPS) is 21.3. The molecule has 6 heteroatoms. The van der Waals surface area contributed by atoms with Gasteiger partial charge >= 0.3 is 7.12 Å². The van der Waals surface area contributed by atoms with E-state index in [2.05, 4.69) is 4.98 Å². The predicted molar refractivity (Wildman–Crippen MR) is 82.4 cm³/mol. The molecule has 0 bridgehead atoms. The summed E-state index contributed by atoms with van der Waals surface area (Å²) in [4.78, 5) is 4.23. The molecule has 1 saturated heterocycles. The van der Waals surface area contributed by atoms with Gasteiger partial charge in [-0.25, -0.2) is 4.98 Å². The minimum Gasteiger partial charge on any atom is -0.400 e. The smallest absolute Gasteiger partial charge is 0.400 e. The zero-order valence-electron chi connectivity index (χ0n) is 12.3. The van der Waals surface area contributed by atoms with Gasteiger partial charge in [0, 0.05) is 6.54 Å². The van der Waals surface area contributed by atoms with Crippen molar-refractivity contribution in [2.24, 2.45) is 5.73 Å². The lowest BCUT2D eigenvalue weighted by molar-refractivity contribution is 0.00578. The van der Waals surface area contributed by atoms with Gasteiger partial charge in [0.2, 0.25) is 0 Å². The van der Waals surface area contributed by atoms with Crippen LogP contribution in [0.2, 0.25) is 5.15 Å². The van der Waals surface area contributed by atoms with Gasteiger partial charge in [-0.3, -0.25) is 0 Å². The molecule has 1 aromatic heterocycles. The quantitative estimate of drug-likeness (QED) is 0.688. The Morgan fingerprint density at radius 1 is 1.30 bits per heavy atom. The number of hydrogen-bond acceptors (Lipinski definition) is 4. The summed E-state index contributed by atoms with van der Waals surface area (Å²) >= 11 is 5.89.